The first-order chi connectivity index (χ1) is 6.24. The molecule has 1 aromatic heterocycles. The van der Waals surface area contributed by atoms with E-state index in [1.54, 1.807) is 6.20 Å². The third-order valence-electron chi connectivity index (χ3n) is 1.63. The Bertz CT molecular complexity index is 285. The topological polar surface area (TPSA) is 57.8 Å². The van der Waals surface area contributed by atoms with E-state index < -0.39 is 0 Å². The predicted molar refractivity (Wildman–Crippen MR) is 51.9 cm³/mol. The number of nitrogens with one attached hydrogen (secondary N) is 2. The average Bonchev–Trinajstić information content (AvgIpc) is 2.48. The van der Waals surface area contributed by atoms with Crippen LogP contribution in [0.25, 0.3) is 0 Å². The molecule has 1 heterocycles. The smallest absolute Gasteiger partial charge is 0.225 e. The van der Waals surface area contributed by atoms with Gasteiger partial charge < -0.3 is 5.32 Å². The SMILES string of the molecule is Cc1cn[nH]c1NC(=O)CCCCl. The molecule has 1 rings (SSSR count). The van der Waals surface area contributed by atoms with Crippen LogP contribution in [0.15, 0.2) is 6.20 Å². The summed E-state index contributed by atoms with van der Waals surface area (Å²) in [6.07, 6.45) is 2.81. The Morgan fingerprint density at radius 3 is 3.08 bits per heavy atom. The van der Waals surface area contributed by atoms with Crippen LogP contribution in [0.5, 0.6) is 0 Å². The third-order valence-corrected chi connectivity index (χ3v) is 1.90. The zero-order chi connectivity index (χ0) is 9.68. The van der Waals surface area contributed by atoms with E-state index in [1.807, 2.05) is 6.92 Å². The van der Waals surface area contributed by atoms with Gasteiger partial charge in [0.15, 0.2) is 0 Å². The lowest BCUT2D eigenvalue weighted by Crippen LogP contribution is -2.12. The third kappa shape index (κ3) is 3.06. The summed E-state index contributed by atoms with van der Waals surface area (Å²) in [7, 11) is 0. The van der Waals surface area contributed by atoms with Crippen molar-refractivity contribution >= 4 is 23.3 Å². The second kappa shape index (κ2) is 4.87. The first kappa shape index (κ1) is 10.1. The molecule has 72 valence electrons. The van der Waals surface area contributed by atoms with Crippen molar-refractivity contribution in [2.45, 2.75) is 19.8 Å². The van der Waals surface area contributed by atoms with Crippen molar-refractivity contribution in [2.24, 2.45) is 0 Å². The summed E-state index contributed by atoms with van der Waals surface area (Å²) in [6.45, 7) is 1.88. The number of aromatic amines is 1. The fourth-order valence-corrected chi connectivity index (χ4v) is 1.04. The number of H-pyrrole nitrogens is 1. The van der Waals surface area contributed by atoms with Crippen LogP contribution in [0.1, 0.15) is 18.4 Å². The molecule has 0 aliphatic carbocycles. The number of rotatable bonds is 4. The van der Waals surface area contributed by atoms with E-state index >= 15 is 0 Å². The maximum absolute atomic E-state index is 11.2. The van der Waals surface area contributed by atoms with Gasteiger partial charge in [0.05, 0.1) is 6.20 Å². The van der Waals surface area contributed by atoms with E-state index in [0.29, 0.717) is 24.5 Å². The normalized spacial score (nSPS) is 10.0. The minimum Gasteiger partial charge on any atom is -0.311 e. The van der Waals surface area contributed by atoms with Crippen molar-refractivity contribution < 1.29 is 4.79 Å². The predicted octanol–water partition coefficient (Wildman–Crippen LogP) is 1.68. The van der Waals surface area contributed by atoms with E-state index in [4.69, 9.17) is 11.6 Å². The first-order valence-electron chi connectivity index (χ1n) is 4.10. The number of carbonyl (C=O) groups excluding carboxylic acids is 1. The number of alkyl halides is 1. The van der Waals surface area contributed by atoms with Gasteiger partial charge in [0.2, 0.25) is 5.91 Å². The summed E-state index contributed by atoms with van der Waals surface area (Å²) >= 11 is 5.46. The summed E-state index contributed by atoms with van der Waals surface area (Å²) in [5, 5.41) is 9.20. The van der Waals surface area contributed by atoms with E-state index in [1.165, 1.54) is 0 Å². The Hall–Kier alpha value is -1.03. The van der Waals surface area contributed by atoms with Gasteiger partial charge in [0, 0.05) is 17.9 Å². The minimum absolute atomic E-state index is 0.0343. The van der Waals surface area contributed by atoms with Crippen molar-refractivity contribution in [1.82, 2.24) is 10.2 Å². The molecule has 0 aliphatic rings. The summed E-state index contributed by atoms with van der Waals surface area (Å²) < 4.78 is 0. The Morgan fingerprint density at radius 1 is 1.77 bits per heavy atom. The maximum Gasteiger partial charge on any atom is 0.225 e. The molecule has 0 unspecified atom stereocenters. The number of anilines is 1. The fraction of sp³-hybridized carbons (Fsp3) is 0.500. The number of hydrogen-bond acceptors (Lipinski definition) is 2. The molecule has 0 aromatic carbocycles. The lowest BCUT2D eigenvalue weighted by atomic mass is 10.3. The number of halogens is 1. The number of nitrogens with zero attached hydrogens (tertiary/aromatic N) is 1. The summed E-state index contributed by atoms with van der Waals surface area (Å²) in [6, 6.07) is 0. The molecular weight excluding hydrogens is 190 g/mol. The highest BCUT2D eigenvalue weighted by Gasteiger charge is 2.04. The van der Waals surface area contributed by atoms with Gasteiger partial charge in [-0.05, 0) is 13.3 Å². The molecule has 5 heteroatoms. The first-order valence-corrected chi connectivity index (χ1v) is 4.63. The molecule has 0 fully saturated rings. The van der Waals surface area contributed by atoms with E-state index in [-0.39, 0.29) is 5.91 Å². The lowest BCUT2D eigenvalue weighted by Gasteiger charge is -2.01. The summed E-state index contributed by atoms with van der Waals surface area (Å²) in [5.74, 6) is 1.14. The number of aryl methyl sites for hydroxylation is 1. The summed E-state index contributed by atoms with van der Waals surface area (Å²) in [5.41, 5.74) is 0.930. The van der Waals surface area contributed by atoms with Crippen molar-refractivity contribution in [3.63, 3.8) is 0 Å². The van der Waals surface area contributed by atoms with Gasteiger partial charge in [-0.1, -0.05) is 0 Å². The van der Waals surface area contributed by atoms with Gasteiger partial charge >= 0.3 is 0 Å². The Morgan fingerprint density at radius 2 is 2.54 bits per heavy atom. The number of carbonyl (C=O) groups is 1. The maximum atomic E-state index is 11.2. The highest BCUT2D eigenvalue weighted by atomic mass is 35.5. The van der Waals surface area contributed by atoms with Crippen molar-refractivity contribution in [3.8, 4) is 0 Å². The van der Waals surface area contributed by atoms with Gasteiger partial charge in [-0.3, -0.25) is 9.89 Å². The van der Waals surface area contributed by atoms with Crippen LogP contribution in [0.3, 0.4) is 0 Å². The molecule has 0 atom stereocenters. The molecule has 4 nitrogen and oxygen atoms in total. The van der Waals surface area contributed by atoms with Crippen molar-refractivity contribution in [3.05, 3.63) is 11.8 Å². The zero-order valence-electron chi connectivity index (χ0n) is 7.43. The molecule has 0 bridgehead atoms. The molecule has 1 aromatic rings. The summed E-state index contributed by atoms with van der Waals surface area (Å²) in [4.78, 5) is 11.2. The molecule has 0 radical (unpaired) electrons. The van der Waals surface area contributed by atoms with Gasteiger partial charge in [-0.25, -0.2) is 0 Å². The Balaban J connectivity index is 2.41. The lowest BCUT2D eigenvalue weighted by molar-refractivity contribution is -0.116. The molecule has 13 heavy (non-hydrogen) atoms. The van der Waals surface area contributed by atoms with E-state index in [9.17, 15) is 4.79 Å². The van der Waals surface area contributed by atoms with Crippen LogP contribution in [0.2, 0.25) is 0 Å². The molecule has 2 N–H and O–H groups in total. The quantitative estimate of drug-likeness (QED) is 0.729. The van der Waals surface area contributed by atoms with Gasteiger partial charge in [0.25, 0.3) is 0 Å². The molecule has 0 spiro atoms. The van der Waals surface area contributed by atoms with Gasteiger partial charge in [0.1, 0.15) is 5.82 Å². The van der Waals surface area contributed by atoms with Crippen LogP contribution in [-0.2, 0) is 4.79 Å². The largest absolute Gasteiger partial charge is 0.311 e. The highest BCUT2D eigenvalue weighted by molar-refractivity contribution is 6.18. The van der Waals surface area contributed by atoms with Crippen molar-refractivity contribution in [1.29, 1.82) is 0 Å². The van der Waals surface area contributed by atoms with Crippen LogP contribution in [-0.4, -0.2) is 22.0 Å². The monoisotopic (exact) mass is 201 g/mol. The van der Waals surface area contributed by atoms with Crippen LogP contribution in [0, 0.1) is 6.92 Å². The number of amides is 1. The van der Waals surface area contributed by atoms with Crippen LogP contribution >= 0.6 is 11.6 Å². The number of hydrogen-bond donors (Lipinski definition) is 2. The minimum atomic E-state index is -0.0343. The second-order valence-corrected chi connectivity index (χ2v) is 3.15. The van der Waals surface area contributed by atoms with Crippen LogP contribution in [0.4, 0.5) is 5.82 Å². The standard InChI is InChI=1S/C8H12ClN3O/c1-6-5-10-12-8(6)11-7(13)3-2-4-9/h5H,2-4H2,1H3,(H2,10,11,12,13). The Kier molecular flexibility index (Phi) is 3.76. The average molecular weight is 202 g/mol. The van der Waals surface area contributed by atoms with E-state index in [2.05, 4.69) is 15.5 Å². The zero-order valence-corrected chi connectivity index (χ0v) is 8.19. The van der Waals surface area contributed by atoms with Gasteiger partial charge in [-0.15, -0.1) is 11.6 Å². The molecule has 0 saturated heterocycles. The molecule has 0 aliphatic heterocycles. The highest BCUT2D eigenvalue weighted by Crippen LogP contribution is 2.08. The van der Waals surface area contributed by atoms with Gasteiger partial charge in [-0.2, -0.15) is 5.10 Å². The van der Waals surface area contributed by atoms with Crippen molar-refractivity contribution in [2.75, 3.05) is 11.2 Å². The van der Waals surface area contributed by atoms with Crippen LogP contribution < -0.4 is 5.32 Å². The molecule has 0 saturated carbocycles. The molecular formula is C8H12ClN3O. The molecule has 1 amide bonds. The number of aromatic nitrogens is 2. The Labute approximate surface area is 81.7 Å². The van der Waals surface area contributed by atoms with E-state index in [0.717, 1.165) is 5.56 Å². The second-order valence-electron chi connectivity index (χ2n) is 2.77. The fourth-order valence-electron chi connectivity index (χ4n) is 0.902.